The predicted octanol–water partition coefficient (Wildman–Crippen LogP) is 6.83. The van der Waals surface area contributed by atoms with E-state index in [1.165, 1.54) is 24.3 Å². The van der Waals surface area contributed by atoms with E-state index in [0.29, 0.717) is 19.5 Å². The molecule has 1 saturated heterocycles. The fourth-order valence-electron chi connectivity index (χ4n) is 4.71. The minimum Gasteiger partial charge on any atom is -0.454 e. The average molecular weight is 524 g/mol. The number of halogens is 4. The third-order valence-corrected chi connectivity index (χ3v) is 6.42. The van der Waals surface area contributed by atoms with Crippen LogP contribution >= 0.6 is 0 Å². The van der Waals surface area contributed by atoms with E-state index in [0.717, 1.165) is 31.4 Å². The predicted molar refractivity (Wildman–Crippen MR) is 133 cm³/mol. The van der Waals surface area contributed by atoms with Crippen LogP contribution in [0.5, 0.6) is 11.5 Å². The van der Waals surface area contributed by atoms with Gasteiger partial charge in [0.25, 0.3) is 0 Å². The molecule has 1 saturated carbocycles. The number of carbonyl (C=O) groups is 1. The molecule has 2 fully saturated rings. The topological polar surface area (TPSA) is 68.0 Å². The lowest BCUT2D eigenvalue weighted by Gasteiger charge is -2.39. The van der Waals surface area contributed by atoms with Crippen molar-refractivity contribution in [1.82, 2.24) is 4.90 Å². The Morgan fingerprint density at radius 3 is 2.41 bits per heavy atom. The number of hydrogen-bond acceptors (Lipinski definition) is 5. The van der Waals surface area contributed by atoms with Gasteiger partial charge < -0.3 is 25.0 Å². The second kappa shape index (κ2) is 10.3. The Balaban J connectivity index is 1.61. The van der Waals surface area contributed by atoms with E-state index in [2.05, 4.69) is 0 Å². The normalized spacial score (nSPS) is 18.5. The summed E-state index contributed by atoms with van der Waals surface area (Å²) in [6.07, 6.45) is -2.04. The SMILES string of the molecule is CC(C)(C)OC(=O)N(C[C@@H]1CCCN(c2c(N)ccc(Oc3ccccc3F)c2C(F)(F)F)C1)C1CC1. The van der Waals surface area contributed by atoms with E-state index in [4.69, 9.17) is 15.2 Å². The molecule has 2 N–H and O–H groups in total. The molecular formula is C27H33F4N3O3. The molecule has 2 aromatic carbocycles. The Morgan fingerprint density at radius 1 is 1.08 bits per heavy atom. The first-order chi connectivity index (χ1) is 17.3. The number of amides is 1. The lowest BCUT2D eigenvalue weighted by Crippen LogP contribution is -2.45. The molecule has 0 aromatic heterocycles. The standard InChI is InChI=1S/C27H33F4N3O3/c1-26(2,3)37-25(35)34(18-10-11-18)16-17-7-6-14-33(15-17)24-20(32)12-13-22(23(24)27(29,30)31)36-21-9-5-4-8-19(21)28/h4-5,8-9,12-13,17-18H,6-7,10-11,14-16,32H2,1-3H3/t17-/m1/s1. The Labute approximate surface area is 214 Å². The van der Waals surface area contributed by atoms with Gasteiger partial charge in [0, 0.05) is 25.7 Å². The molecule has 0 radical (unpaired) electrons. The van der Waals surface area contributed by atoms with Crippen molar-refractivity contribution < 1.29 is 31.8 Å². The van der Waals surface area contributed by atoms with Crippen LogP contribution in [0.4, 0.5) is 33.7 Å². The highest BCUT2D eigenvalue weighted by atomic mass is 19.4. The largest absolute Gasteiger partial charge is 0.454 e. The van der Waals surface area contributed by atoms with E-state index in [1.54, 1.807) is 30.6 Å². The molecule has 0 bridgehead atoms. The molecule has 0 spiro atoms. The highest BCUT2D eigenvalue weighted by Gasteiger charge is 2.42. The van der Waals surface area contributed by atoms with Gasteiger partial charge in [0.15, 0.2) is 11.6 Å². The molecule has 37 heavy (non-hydrogen) atoms. The van der Waals surface area contributed by atoms with Crippen molar-refractivity contribution in [2.75, 3.05) is 30.3 Å². The van der Waals surface area contributed by atoms with Crippen LogP contribution in [-0.4, -0.2) is 42.3 Å². The van der Waals surface area contributed by atoms with Crippen LogP contribution in [0, 0.1) is 11.7 Å². The Hall–Kier alpha value is -3.17. The number of piperidine rings is 1. The van der Waals surface area contributed by atoms with Crippen LogP contribution in [0.25, 0.3) is 0 Å². The van der Waals surface area contributed by atoms with Gasteiger partial charge in [-0.1, -0.05) is 12.1 Å². The highest BCUT2D eigenvalue weighted by molar-refractivity contribution is 5.76. The Bertz CT molecular complexity index is 1130. The first-order valence-electron chi connectivity index (χ1n) is 12.5. The second-order valence-corrected chi connectivity index (χ2v) is 10.7. The number of para-hydroxylation sites is 1. The van der Waals surface area contributed by atoms with Crippen LogP contribution in [0.15, 0.2) is 36.4 Å². The maximum atomic E-state index is 14.4. The number of ether oxygens (including phenoxy) is 2. The number of anilines is 2. The van der Waals surface area contributed by atoms with E-state index in [-0.39, 0.29) is 35.6 Å². The van der Waals surface area contributed by atoms with Gasteiger partial charge in [-0.15, -0.1) is 0 Å². The first kappa shape index (κ1) is 26.9. The van der Waals surface area contributed by atoms with Crippen molar-refractivity contribution >= 4 is 17.5 Å². The molecule has 4 rings (SSSR count). The van der Waals surface area contributed by atoms with Crippen molar-refractivity contribution in [3.05, 3.63) is 47.8 Å². The summed E-state index contributed by atoms with van der Waals surface area (Å²) in [5.74, 6) is -1.66. The van der Waals surface area contributed by atoms with Gasteiger partial charge in [-0.05, 0) is 76.6 Å². The van der Waals surface area contributed by atoms with Crippen molar-refractivity contribution in [3.8, 4) is 11.5 Å². The molecule has 0 unspecified atom stereocenters. The maximum absolute atomic E-state index is 14.4. The lowest BCUT2D eigenvalue weighted by atomic mass is 9.95. The van der Waals surface area contributed by atoms with Gasteiger partial charge in [-0.2, -0.15) is 13.2 Å². The number of nitrogens with two attached hydrogens (primary N) is 1. The molecule has 2 aliphatic rings. The van der Waals surface area contributed by atoms with Gasteiger partial charge in [0.2, 0.25) is 0 Å². The molecule has 1 atom stereocenters. The average Bonchev–Trinajstić information content (AvgIpc) is 3.63. The minimum atomic E-state index is -4.80. The smallest absolute Gasteiger partial charge is 0.422 e. The van der Waals surface area contributed by atoms with Gasteiger partial charge in [0.05, 0.1) is 11.4 Å². The summed E-state index contributed by atoms with van der Waals surface area (Å²) in [6.45, 7) is 6.44. The van der Waals surface area contributed by atoms with Gasteiger partial charge in [-0.25, -0.2) is 9.18 Å². The van der Waals surface area contributed by atoms with Gasteiger partial charge in [0.1, 0.15) is 16.9 Å². The van der Waals surface area contributed by atoms with Crippen molar-refractivity contribution in [2.24, 2.45) is 5.92 Å². The van der Waals surface area contributed by atoms with E-state index < -0.39 is 35.0 Å². The van der Waals surface area contributed by atoms with E-state index in [9.17, 15) is 22.4 Å². The lowest BCUT2D eigenvalue weighted by molar-refractivity contribution is -0.138. The summed E-state index contributed by atoms with van der Waals surface area (Å²) in [5, 5.41) is 0. The van der Waals surface area contributed by atoms with Crippen LogP contribution in [0.3, 0.4) is 0 Å². The van der Waals surface area contributed by atoms with Crippen LogP contribution in [0.2, 0.25) is 0 Å². The number of rotatable bonds is 6. The number of alkyl halides is 3. The van der Waals surface area contributed by atoms with E-state index in [1.807, 2.05) is 0 Å². The number of nitrogens with zero attached hydrogens (tertiary/aromatic N) is 2. The van der Waals surface area contributed by atoms with Crippen molar-refractivity contribution in [3.63, 3.8) is 0 Å². The first-order valence-corrected chi connectivity index (χ1v) is 12.5. The summed E-state index contributed by atoms with van der Waals surface area (Å²) < 4.78 is 68.4. The highest BCUT2D eigenvalue weighted by Crippen LogP contribution is 2.48. The molecular weight excluding hydrogens is 490 g/mol. The van der Waals surface area contributed by atoms with E-state index >= 15 is 0 Å². The zero-order valence-electron chi connectivity index (χ0n) is 21.3. The van der Waals surface area contributed by atoms with Crippen molar-refractivity contribution in [2.45, 2.75) is 64.3 Å². The summed E-state index contributed by atoms with van der Waals surface area (Å²) in [7, 11) is 0. The number of nitrogen functional groups attached to an aromatic ring is 1. The number of carbonyl (C=O) groups excluding carboxylic acids is 1. The summed E-state index contributed by atoms with van der Waals surface area (Å²) in [6, 6.07) is 7.86. The third kappa shape index (κ3) is 6.59. The minimum absolute atomic E-state index is 0.0416. The molecule has 2 aromatic rings. The Morgan fingerprint density at radius 2 is 1.78 bits per heavy atom. The van der Waals surface area contributed by atoms with Gasteiger partial charge in [-0.3, -0.25) is 0 Å². The zero-order chi connectivity index (χ0) is 27.0. The van der Waals surface area contributed by atoms with Crippen LogP contribution in [0.1, 0.15) is 52.0 Å². The molecule has 1 amide bonds. The molecule has 1 aliphatic heterocycles. The fraction of sp³-hybridized carbons (Fsp3) is 0.519. The van der Waals surface area contributed by atoms with Crippen LogP contribution in [-0.2, 0) is 10.9 Å². The molecule has 202 valence electrons. The summed E-state index contributed by atoms with van der Waals surface area (Å²) in [4.78, 5) is 16.2. The summed E-state index contributed by atoms with van der Waals surface area (Å²) >= 11 is 0. The zero-order valence-corrected chi connectivity index (χ0v) is 21.3. The molecule has 1 heterocycles. The maximum Gasteiger partial charge on any atom is 0.422 e. The second-order valence-electron chi connectivity index (χ2n) is 10.7. The van der Waals surface area contributed by atoms with Gasteiger partial charge >= 0.3 is 12.3 Å². The summed E-state index contributed by atoms with van der Waals surface area (Å²) in [5.41, 5.74) is 4.21. The van der Waals surface area contributed by atoms with Crippen LogP contribution < -0.4 is 15.4 Å². The molecule has 10 heteroatoms. The molecule has 6 nitrogen and oxygen atoms in total. The molecule has 1 aliphatic carbocycles. The van der Waals surface area contributed by atoms with Crippen molar-refractivity contribution in [1.29, 1.82) is 0 Å². The fourth-order valence-corrected chi connectivity index (χ4v) is 4.71. The third-order valence-electron chi connectivity index (χ3n) is 6.42. The number of benzene rings is 2. The Kier molecular flexibility index (Phi) is 7.48. The monoisotopic (exact) mass is 523 g/mol. The number of hydrogen-bond donors (Lipinski definition) is 1. The quantitative estimate of drug-likeness (QED) is 0.332.